The molecular formula is C19H18BrN3O2S. The van der Waals surface area contributed by atoms with Crippen molar-refractivity contribution in [2.75, 3.05) is 20.2 Å². The lowest BCUT2D eigenvalue weighted by Crippen LogP contribution is -2.32. The zero-order valence-electron chi connectivity index (χ0n) is 14.2. The number of aromatic nitrogens is 2. The Morgan fingerprint density at radius 3 is 2.58 bits per heavy atom. The lowest BCUT2D eigenvalue weighted by Gasteiger charge is -2.18. The first kappa shape index (κ1) is 18.4. The van der Waals surface area contributed by atoms with Gasteiger partial charge in [-0.15, -0.1) is 0 Å². The number of carbonyl (C=O) groups excluding carboxylic acids is 1. The fraction of sp³-hybridized carbons (Fsp3) is 0.158. The number of carbonyl (C=O) groups is 1. The van der Waals surface area contributed by atoms with Crippen molar-refractivity contribution in [1.29, 1.82) is 0 Å². The Morgan fingerprint density at radius 1 is 1.19 bits per heavy atom. The number of nitrogens with one attached hydrogen (secondary N) is 1. The standard InChI is InChI=1S/C19H18BrN3O2S/c1-22(11-12-25-16-9-7-14(20)8-10-16)18(24)17-13-21-19(26)23(17)15-5-3-2-4-6-15/h2-10,13H,11-12H2,1H3,(H,21,26). The summed E-state index contributed by atoms with van der Waals surface area (Å²) in [7, 11) is 1.75. The molecule has 2 aromatic carbocycles. The van der Waals surface area contributed by atoms with Crippen LogP contribution in [0, 0.1) is 4.77 Å². The lowest BCUT2D eigenvalue weighted by molar-refractivity contribution is 0.0766. The highest BCUT2D eigenvalue weighted by Gasteiger charge is 2.18. The van der Waals surface area contributed by atoms with Gasteiger partial charge in [-0.2, -0.15) is 0 Å². The van der Waals surface area contributed by atoms with Crippen LogP contribution in [0.15, 0.2) is 65.3 Å². The summed E-state index contributed by atoms with van der Waals surface area (Å²) in [6, 6.07) is 17.2. The Labute approximate surface area is 165 Å². The van der Waals surface area contributed by atoms with Crippen molar-refractivity contribution < 1.29 is 9.53 Å². The first-order valence-corrected chi connectivity index (χ1v) is 9.26. The number of likely N-dealkylation sites (N-methyl/N-ethyl adjacent to an activating group) is 1. The molecule has 134 valence electrons. The fourth-order valence-corrected chi connectivity index (χ4v) is 3.01. The molecule has 0 saturated heterocycles. The molecule has 0 aliphatic heterocycles. The molecule has 0 aliphatic rings. The minimum atomic E-state index is -0.124. The molecule has 0 fully saturated rings. The van der Waals surface area contributed by atoms with Crippen LogP contribution in [0.2, 0.25) is 0 Å². The SMILES string of the molecule is CN(CCOc1ccc(Br)cc1)C(=O)c1c[nH]c(=S)n1-c1ccccc1. The molecule has 0 aliphatic carbocycles. The van der Waals surface area contributed by atoms with Crippen LogP contribution in [0.1, 0.15) is 10.5 Å². The summed E-state index contributed by atoms with van der Waals surface area (Å²) in [5.74, 6) is 0.642. The van der Waals surface area contributed by atoms with E-state index in [9.17, 15) is 4.79 Å². The predicted octanol–water partition coefficient (Wildman–Crippen LogP) is 4.45. The molecule has 7 heteroatoms. The number of aromatic amines is 1. The van der Waals surface area contributed by atoms with E-state index >= 15 is 0 Å². The Kier molecular flexibility index (Phi) is 5.90. The number of imidazole rings is 1. The van der Waals surface area contributed by atoms with Gasteiger partial charge in [0.2, 0.25) is 0 Å². The topological polar surface area (TPSA) is 50.3 Å². The Bertz CT molecular complexity index is 935. The molecule has 3 aromatic rings. The third-order valence-electron chi connectivity index (χ3n) is 3.87. The average molecular weight is 432 g/mol. The number of H-pyrrole nitrogens is 1. The summed E-state index contributed by atoms with van der Waals surface area (Å²) >= 11 is 8.72. The van der Waals surface area contributed by atoms with Crippen molar-refractivity contribution in [2.45, 2.75) is 0 Å². The zero-order chi connectivity index (χ0) is 18.5. The second-order valence-electron chi connectivity index (χ2n) is 5.68. The molecule has 1 heterocycles. The van der Waals surface area contributed by atoms with Crippen molar-refractivity contribution >= 4 is 34.1 Å². The van der Waals surface area contributed by atoms with Gasteiger partial charge in [0.15, 0.2) is 4.77 Å². The van der Waals surface area contributed by atoms with Crippen LogP contribution < -0.4 is 4.74 Å². The van der Waals surface area contributed by atoms with Crippen molar-refractivity contribution in [2.24, 2.45) is 0 Å². The van der Waals surface area contributed by atoms with Crippen LogP contribution in [0.5, 0.6) is 5.75 Å². The van der Waals surface area contributed by atoms with E-state index in [1.165, 1.54) is 0 Å². The fourth-order valence-electron chi connectivity index (χ4n) is 2.49. The quantitative estimate of drug-likeness (QED) is 0.586. The Morgan fingerprint density at radius 2 is 1.88 bits per heavy atom. The summed E-state index contributed by atoms with van der Waals surface area (Å²) in [6.07, 6.45) is 1.64. The molecule has 0 atom stereocenters. The number of hydrogen-bond donors (Lipinski definition) is 1. The monoisotopic (exact) mass is 431 g/mol. The first-order chi connectivity index (χ1) is 12.6. The van der Waals surface area contributed by atoms with Crippen LogP contribution in [0.25, 0.3) is 5.69 Å². The Hall–Kier alpha value is -2.38. The van der Waals surface area contributed by atoms with E-state index in [0.29, 0.717) is 23.6 Å². The van der Waals surface area contributed by atoms with Crippen LogP contribution >= 0.6 is 28.1 Å². The van der Waals surface area contributed by atoms with Crippen molar-refractivity contribution in [1.82, 2.24) is 14.5 Å². The number of amides is 1. The van der Waals surface area contributed by atoms with Crippen molar-refractivity contribution in [3.05, 3.63) is 75.7 Å². The van der Waals surface area contributed by atoms with Gasteiger partial charge in [-0.1, -0.05) is 34.1 Å². The van der Waals surface area contributed by atoms with E-state index < -0.39 is 0 Å². The number of hydrogen-bond acceptors (Lipinski definition) is 3. The smallest absolute Gasteiger partial charge is 0.272 e. The number of benzene rings is 2. The summed E-state index contributed by atoms with van der Waals surface area (Å²) in [4.78, 5) is 17.4. The molecule has 0 bridgehead atoms. The summed E-state index contributed by atoms with van der Waals surface area (Å²) < 4.78 is 8.91. The minimum Gasteiger partial charge on any atom is -0.492 e. The maximum Gasteiger partial charge on any atom is 0.272 e. The van der Waals surface area contributed by atoms with Crippen molar-refractivity contribution in [3.8, 4) is 11.4 Å². The molecule has 1 N–H and O–H groups in total. The number of nitrogens with zero attached hydrogens (tertiary/aromatic N) is 2. The molecule has 5 nitrogen and oxygen atoms in total. The van der Waals surface area contributed by atoms with E-state index in [1.54, 1.807) is 22.7 Å². The van der Waals surface area contributed by atoms with Crippen LogP contribution in [-0.2, 0) is 0 Å². The summed E-state index contributed by atoms with van der Waals surface area (Å²) in [6.45, 7) is 0.863. The number of halogens is 1. The molecule has 0 saturated carbocycles. The molecule has 0 spiro atoms. The first-order valence-electron chi connectivity index (χ1n) is 8.06. The third kappa shape index (κ3) is 4.23. The van der Waals surface area contributed by atoms with Gasteiger partial charge in [0, 0.05) is 23.4 Å². The molecule has 1 amide bonds. The summed E-state index contributed by atoms with van der Waals surface area (Å²) in [5, 5.41) is 0. The van der Waals surface area contributed by atoms with E-state index in [2.05, 4.69) is 20.9 Å². The maximum absolute atomic E-state index is 12.8. The molecular weight excluding hydrogens is 414 g/mol. The summed E-state index contributed by atoms with van der Waals surface area (Å²) in [5.41, 5.74) is 1.34. The Balaban J connectivity index is 1.67. The second-order valence-corrected chi connectivity index (χ2v) is 6.98. The predicted molar refractivity (Wildman–Crippen MR) is 108 cm³/mol. The van der Waals surface area contributed by atoms with Crippen LogP contribution in [-0.4, -0.2) is 40.6 Å². The zero-order valence-corrected chi connectivity index (χ0v) is 16.6. The van der Waals surface area contributed by atoms with E-state index in [-0.39, 0.29) is 5.91 Å². The number of ether oxygens (including phenoxy) is 1. The van der Waals surface area contributed by atoms with Gasteiger partial charge in [-0.3, -0.25) is 9.36 Å². The second kappa shape index (κ2) is 8.33. The van der Waals surface area contributed by atoms with Gasteiger partial charge in [0.25, 0.3) is 5.91 Å². The molecule has 3 rings (SSSR count). The maximum atomic E-state index is 12.8. The van der Waals surface area contributed by atoms with Gasteiger partial charge in [-0.05, 0) is 48.6 Å². The van der Waals surface area contributed by atoms with Gasteiger partial charge in [0.05, 0.1) is 6.54 Å². The van der Waals surface area contributed by atoms with E-state index in [4.69, 9.17) is 17.0 Å². The normalized spacial score (nSPS) is 10.5. The van der Waals surface area contributed by atoms with Gasteiger partial charge >= 0.3 is 0 Å². The minimum absolute atomic E-state index is 0.124. The molecule has 1 aromatic heterocycles. The molecule has 0 unspecified atom stereocenters. The number of para-hydroxylation sites is 1. The molecule has 26 heavy (non-hydrogen) atoms. The average Bonchev–Trinajstić information content (AvgIpc) is 3.04. The highest BCUT2D eigenvalue weighted by molar-refractivity contribution is 9.10. The highest BCUT2D eigenvalue weighted by atomic mass is 79.9. The van der Waals surface area contributed by atoms with E-state index in [1.807, 2.05) is 54.6 Å². The highest BCUT2D eigenvalue weighted by Crippen LogP contribution is 2.16. The van der Waals surface area contributed by atoms with Crippen LogP contribution in [0.3, 0.4) is 0 Å². The molecule has 0 radical (unpaired) electrons. The van der Waals surface area contributed by atoms with Gasteiger partial charge < -0.3 is 14.6 Å². The van der Waals surface area contributed by atoms with E-state index in [0.717, 1.165) is 15.9 Å². The third-order valence-corrected chi connectivity index (χ3v) is 4.69. The van der Waals surface area contributed by atoms with Gasteiger partial charge in [-0.25, -0.2) is 0 Å². The van der Waals surface area contributed by atoms with Crippen molar-refractivity contribution in [3.63, 3.8) is 0 Å². The lowest BCUT2D eigenvalue weighted by atomic mass is 10.3. The van der Waals surface area contributed by atoms with Gasteiger partial charge in [0.1, 0.15) is 18.1 Å². The number of rotatable bonds is 6. The largest absolute Gasteiger partial charge is 0.492 e. The van der Waals surface area contributed by atoms with Crippen LogP contribution in [0.4, 0.5) is 0 Å².